The number of aryl methyl sites for hydroxylation is 1. The molecule has 3 rings (SSSR count). The Morgan fingerprint density at radius 1 is 1.03 bits per heavy atom. The Balaban J connectivity index is 0.00000363. The minimum absolute atomic E-state index is 0. The molecule has 3 aromatic rings. The highest BCUT2D eigenvalue weighted by Crippen LogP contribution is 2.22. The summed E-state index contributed by atoms with van der Waals surface area (Å²) < 4.78 is 1.98. The van der Waals surface area contributed by atoms with E-state index in [1.807, 2.05) is 54.9 Å². The maximum absolute atomic E-state index is 6.16. The first-order valence-corrected chi connectivity index (χ1v) is 10.9. The van der Waals surface area contributed by atoms with E-state index in [0.717, 1.165) is 41.2 Å². The summed E-state index contributed by atoms with van der Waals surface area (Å²) in [5, 5.41) is 16.0. The zero-order valence-electron chi connectivity index (χ0n) is 19.1. The molecule has 0 saturated heterocycles. The number of nitrogens with zero attached hydrogens (tertiary/aromatic N) is 4. The second-order valence-corrected chi connectivity index (χ2v) is 8.99. The highest BCUT2D eigenvalue weighted by molar-refractivity contribution is 14.0. The van der Waals surface area contributed by atoms with E-state index in [1.165, 1.54) is 5.56 Å². The van der Waals surface area contributed by atoms with Crippen LogP contribution in [0.4, 0.5) is 0 Å². The molecule has 2 N–H and O–H groups in total. The van der Waals surface area contributed by atoms with Crippen molar-refractivity contribution in [3.63, 3.8) is 0 Å². The third-order valence-electron chi connectivity index (χ3n) is 5.17. The lowest BCUT2D eigenvalue weighted by atomic mass is 9.86. The lowest BCUT2D eigenvalue weighted by Crippen LogP contribution is -2.42. The Labute approximate surface area is 212 Å². The van der Waals surface area contributed by atoms with Gasteiger partial charge in [0.25, 0.3) is 0 Å². The van der Waals surface area contributed by atoms with Crippen LogP contribution in [0.1, 0.15) is 36.6 Å². The average molecular weight is 567 g/mol. The number of benzene rings is 2. The average Bonchev–Trinajstić information content (AvgIpc) is 3.06. The molecule has 0 atom stereocenters. The van der Waals surface area contributed by atoms with E-state index < -0.39 is 0 Å². The number of halogens is 2. The molecule has 0 radical (unpaired) electrons. The number of aliphatic imine (C=N–C) groups is 1. The number of hydrogen-bond donors (Lipinski definition) is 2. The summed E-state index contributed by atoms with van der Waals surface area (Å²) in [7, 11) is 1.97. The van der Waals surface area contributed by atoms with Gasteiger partial charge in [-0.05, 0) is 42.0 Å². The molecule has 172 valence electrons. The van der Waals surface area contributed by atoms with Gasteiger partial charge in [-0.15, -0.1) is 34.2 Å². The summed E-state index contributed by atoms with van der Waals surface area (Å²) in [5.74, 6) is 2.50. The molecule has 32 heavy (non-hydrogen) atoms. The summed E-state index contributed by atoms with van der Waals surface area (Å²) in [5.41, 5.74) is 2.40. The summed E-state index contributed by atoms with van der Waals surface area (Å²) in [4.78, 5) is 4.79. The molecular weight excluding hydrogens is 535 g/mol. The predicted molar refractivity (Wildman–Crippen MR) is 143 cm³/mol. The van der Waals surface area contributed by atoms with Gasteiger partial charge in [0.2, 0.25) is 0 Å². The smallest absolute Gasteiger partial charge is 0.191 e. The number of aromatic nitrogens is 3. The SMILES string of the molecule is Cc1nnc(CNC(=NCc2ccccc2)NCC(C)(C)Cc2cccc(Cl)c2)n1C.I. The molecule has 0 aliphatic carbocycles. The number of rotatable bonds is 8. The van der Waals surface area contributed by atoms with Crippen LogP contribution in [0.25, 0.3) is 0 Å². The van der Waals surface area contributed by atoms with Crippen molar-refractivity contribution in [2.75, 3.05) is 6.54 Å². The normalized spacial score (nSPS) is 11.7. The highest BCUT2D eigenvalue weighted by atomic mass is 127. The molecule has 6 nitrogen and oxygen atoms in total. The fourth-order valence-corrected chi connectivity index (χ4v) is 3.49. The molecular formula is C24H32ClIN6. The van der Waals surface area contributed by atoms with Gasteiger partial charge in [0.15, 0.2) is 11.8 Å². The second-order valence-electron chi connectivity index (χ2n) is 8.55. The van der Waals surface area contributed by atoms with Gasteiger partial charge >= 0.3 is 0 Å². The van der Waals surface area contributed by atoms with Crippen molar-refractivity contribution in [2.24, 2.45) is 17.5 Å². The van der Waals surface area contributed by atoms with Gasteiger partial charge in [-0.1, -0.05) is 67.9 Å². The molecule has 0 amide bonds. The fourth-order valence-electron chi connectivity index (χ4n) is 3.28. The van der Waals surface area contributed by atoms with E-state index in [2.05, 4.69) is 52.9 Å². The van der Waals surface area contributed by atoms with E-state index in [9.17, 15) is 0 Å². The molecule has 0 spiro atoms. The van der Waals surface area contributed by atoms with E-state index in [1.54, 1.807) is 0 Å². The van der Waals surface area contributed by atoms with Crippen LogP contribution in [-0.2, 0) is 26.6 Å². The summed E-state index contributed by atoms with van der Waals surface area (Å²) in [6, 6.07) is 18.3. The van der Waals surface area contributed by atoms with E-state index in [4.69, 9.17) is 16.6 Å². The lowest BCUT2D eigenvalue weighted by Gasteiger charge is -2.26. The predicted octanol–water partition coefficient (Wildman–Crippen LogP) is 4.90. The van der Waals surface area contributed by atoms with Crippen LogP contribution in [0.3, 0.4) is 0 Å². The Morgan fingerprint density at radius 2 is 1.75 bits per heavy atom. The number of hydrogen-bond acceptors (Lipinski definition) is 3. The van der Waals surface area contributed by atoms with Gasteiger partial charge in [-0.2, -0.15) is 0 Å². The molecule has 0 bridgehead atoms. The van der Waals surface area contributed by atoms with Gasteiger partial charge in [0.05, 0.1) is 13.1 Å². The number of guanidine groups is 1. The highest BCUT2D eigenvalue weighted by Gasteiger charge is 2.19. The van der Waals surface area contributed by atoms with E-state index in [-0.39, 0.29) is 29.4 Å². The van der Waals surface area contributed by atoms with Crippen LogP contribution in [-0.4, -0.2) is 27.3 Å². The zero-order chi connectivity index (χ0) is 22.3. The maximum atomic E-state index is 6.16. The summed E-state index contributed by atoms with van der Waals surface area (Å²) >= 11 is 6.16. The molecule has 1 aromatic heterocycles. The molecule has 1 heterocycles. The number of nitrogens with one attached hydrogen (secondary N) is 2. The third kappa shape index (κ3) is 8.09. The first-order valence-electron chi connectivity index (χ1n) is 10.5. The van der Waals surface area contributed by atoms with Gasteiger partial charge < -0.3 is 15.2 Å². The quantitative estimate of drug-likeness (QED) is 0.231. The molecule has 8 heteroatoms. The van der Waals surface area contributed by atoms with Crippen LogP contribution in [0.2, 0.25) is 5.02 Å². The van der Waals surface area contributed by atoms with Crippen LogP contribution in [0.15, 0.2) is 59.6 Å². The summed E-state index contributed by atoms with van der Waals surface area (Å²) in [6.07, 6.45) is 0.912. The van der Waals surface area contributed by atoms with Crippen molar-refractivity contribution in [1.29, 1.82) is 0 Å². The van der Waals surface area contributed by atoms with Crippen LogP contribution in [0, 0.1) is 12.3 Å². The maximum Gasteiger partial charge on any atom is 0.191 e. The minimum Gasteiger partial charge on any atom is -0.356 e. The Bertz CT molecular complexity index is 1020. The van der Waals surface area contributed by atoms with Crippen molar-refractivity contribution < 1.29 is 0 Å². The summed E-state index contributed by atoms with van der Waals surface area (Å²) in [6.45, 7) is 8.33. The van der Waals surface area contributed by atoms with E-state index >= 15 is 0 Å². The molecule has 0 unspecified atom stereocenters. The van der Waals surface area contributed by atoms with Gasteiger partial charge in [0, 0.05) is 18.6 Å². The molecule has 0 saturated carbocycles. The first kappa shape index (κ1) is 26.1. The van der Waals surface area contributed by atoms with Gasteiger partial charge in [-0.3, -0.25) is 0 Å². The lowest BCUT2D eigenvalue weighted by molar-refractivity contribution is 0.359. The van der Waals surface area contributed by atoms with E-state index in [0.29, 0.717) is 13.1 Å². The van der Waals surface area contributed by atoms with Crippen molar-refractivity contribution >= 4 is 41.5 Å². The minimum atomic E-state index is 0. The van der Waals surface area contributed by atoms with Crippen molar-refractivity contribution in [1.82, 2.24) is 25.4 Å². The van der Waals surface area contributed by atoms with Crippen molar-refractivity contribution in [2.45, 2.75) is 40.3 Å². The molecule has 0 aliphatic heterocycles. The Morgan fingerprint density at radius 3 is 2.41 bits per heavy atom. The molecule has 0 fully saturated rings. The third-order valence-corrected chi connectivity index (χ3v) is 5.40. The van der Waals surface area contributed by atoms with Gasteiger partial charge in [0.1, 0.15) is 5.82 Å². The van der Waals surface area contributed by atoms with Crippen LogP contribution < -0.4 is 10.6 Å². The first-order chi connectivity index (χ1) is 14.8. The molecule has 2 aromatic carbocycles. The Kier molecular flexibility index (Phi) is 9.96. The van der Waals surface area contributed by atoms with Crippen LogP contribution in [0.5, 0.6) is 0 Å². The Hall–Kier alpha value is -2.13. The second kappa shape index (κ2) is 12.2. The van der Waals surface area contributed by atoms with Crippen molar-refractivity contribution in [3.8, 4) is 0 Å². The van der Waals surface area contributed by atoms with Gasteiger partial charge in [-0.25, -0.2) is 4.99 Å². The van der Waals surface area contributed by atoms with Crippen molar-refractivity contribution in [3.05, 3.63) is 82.4 Å². The topological polar surface area (TPSA) is 67.1 Å². The fraction of sp³-hybridized carbons (Fsp3) is 0.375. The largest absolute Gasteiger partial charge is 0.356 e. The zero-order valence-corrected chi connectivity index (χ0v) is 22.2. The molecule has 0 aliphatic rings. The standard InChI is InChI=1S/C24H31ClN6.HI/c1-18-29-30-22(31(18)4)16-27-23(26-15-19-9-6-5-7-10-19)28-17-24(2,3)14-20-11-8-12-21(25)13-20;/h5-13H,14-17H2,1-4H3,(H2,26,27,28);1H. The monoisotopic (exact) mass is 566 g/mol. The van der Waals surface area contributed by atoms with Crippen LogP contribution >= 0.6 is 35.6 Å².